The zero-order valence-electron chi connectivity index (χ0n) is 12.4. The first-order valence-corrected chi connectivity index (χ1v) is 8.65. The smallest absolute Gasteiger partial charge is 0.160 e. The number of hydrazine groups is 1. The summed E-state index contributed by atoms with van der Waals surface area (Å²) in [5.74, 6) is 1.16. The van der Waals surface area contributed by atoms with Crippen molar-refractivity contribution in [2.45, 2.75) is 18.8 Å². The number of thiophene rings is 1. The zero-order valence-corrected chi connectivity index (χ0v) is 13.2. The SMILES string of the molecule is O=Cc1cc(C2CNN3CCC2CC3)c(-c2ccccn2)s1. The Hall–Kier alpha value is -1.56. The third-order valence-corrected chi connectivity index (χ3v) is 5.94. The van der Waals surface area contributed by atoms with Crippen molar-refractivity contribution in [3.8, 4) is 10.6 Å². The van der Waals surface area contributed by atoms with E-state index in [2.05, 4.69) is 21.5 Å². The second kappa shape index (κ2) is 5.91. The number of rotatable bonds is 3. The number of fused-ring (bicyclic) bond motifs is 4. The molecular weight excluding hydrogens is 294 g/mol. The minimum Gasteiger partial charge on any atom is -0.297 e. The van der Waals surface area contributed by atoms with Gasteiger partial charge in [0.15, 0.2) is 6.29 Å². The molecule has 0 amide bonds. The molecule has 0 spiro atoms. The van der Waals surface area contributed by atoms with Crippen LogP contribution in [-0.2, 0) is 0 Å². The number of aldehydes is 1. The van der Waals surface area contributed by atoms with E-state index in [9.17, 15) is 4.79 Å². The molecule has 2 aromatic heterocycles. The maximum absolute atomic E-state index is 11.3. The van der Waals surface area contributed by atoms with E-state index in [-0.39, 0.29) is 0 Å². The van der Waals surface area contributed by atoms with Gasteiger partial charge in [-0.15, -0.1) is 11.3 Å². The van der Waals surface area contributed by atoms with Crippen molar-refractivity contribution in [3.05, 3.63) is 40.9 Å². The first-order valence-electron chi connectivity index (χ1n) is 7.84. The Labute approximate surface area is 134 Å². The Morgan fingerprint density at radius 1 is 1.32 bits per heavy atom. The van der Waals surface area contributed by atoms with Crippen LogP contribution in [0.5, 0.6) is 0 Å². The topological polar surface area (TPSA) is 45.2 Å². The van der Waals surface area contributed by atoms with Gasteiger partial charge in [0.2, 0.25) is 0 Å². The molecule has 0 saturated carbocycles. The Balaban J connectivity index is 1.77. The van der Waals surface area contributed by atoms with Crippen molar-refractivity contribution in [3.63, 3.8) is 0 Å². The summed E-state index contributed by atoms with van der Waals surface area (Å²) in [5, 5.41) is 2.34. The largest absolute Gasteiger partial charge is 0.297 e. The first-order chi connectivity index (χ1) is 10.8. The molecule has 5 heterocycles. The van der Waals surface area contributed by atoms with Gasteiger partial charge in [0.25, 0.3) is 0 Å². The molecule has 1 atom stereocenters. The van der Waals surface area contributed by atoms with Crippen molar-refractivity contribution >= 4 is 17.6 Å². The molecule has 22 heavy (non-hydrogen) atoms. The van der Waals surface area contributed by atoms with E-state index >= 15 is 0 Å². The third-order valence-electron chi connectivity index (χ3n) is 4.84. The lowest BCUT2D eigenvalue weighted by Crippen LogP contribution is -2.39. The average molecular weight is 313 g/mol. The lowest BCUT2D eigenvalue weighted by Gasteiger charge is -2.28. The van der Waals surface area contributed by atoms with E-state index < -0.39 is 0 Å². The molecule has 0 radical (unpaired) electrons. The number of aromatic nitrogens is 1. The summed E-state index contributed by atoms with van der Waals surface area (Å²) < 4.78 is 0. The predicted molar refractivity (Wildman–Crippen MR) is 88.0 cm³/mol. The van der Waals surface area contributed by atoms with Crippen molar-refractivity contribution in [2.24, 2.45) is 5.92 Å². The van der Waals surface area contributed by atoms with E-state index in [0.29, 0.717) is 11.8 Å². The van der Waals surface area contributed by atoms with E-state index in [1.165, 1.54) is 18.4 Å². The number of hydrogen-bond acceptors (Lipinski definition) is 5. The number of carbonyl (C=O) groups is 1. The normalized spacial score (nSPS) is 27.5. The standard InChI is InChI=1S/C17H19N3OS/c21-11-13-9-14(17(22-13)16-3-1-2-6-18-16)15-10-19-20-7-4-12(15)5-8-20/h1-3,6,9,11-12,15,19H,4-5,7-8,10H2. The zero-order chi connectivity index (χ0) is 14.9. The van der Waals surface area contributed by atoms with Crippen LogP contribution >= 0.6 is 11.3 Å². The highest BCUT2D eigenvalue weighted by molar-refractivity contribution is 7.17. The number of nitrogens with zero attached hydrogens (tertiary/aromatic N) is 2. The van der Waals surface area contributed by atoms with Crippen molar-refractivity contribution in [1.29, 1.82) is 0 Å². The monoisotopic (exact) mass is 313 g/mol. The van der Waals surface area contributed by atoms with Crippen LogP contribution in [0.2, 0.25) is 0 Å². The molecule has 3 aliphatic rings. The summed E-state index contributed by atoms with van der Waals surface area (Å²) in [6.07, 6.45) is 5.24. The second-order valence-corrected chi connectivity index (χ2v) is 7.14. The summed E-state index contributed by atoms with van der Waals surface area (Å²) in [5.41, 5.74) is 5.84. The van der Waals surface area contributed by atoms with Crippen molar-refractivity contribution in [2.75, 3.05) is 19.6 Å². The van der Waals surface area contributed by atoms with Crippen LogP contribution in [0.1, 0.15) is 34.0 Å². The summed E-state index contributed by atoms with van der Waals surface area (Å²) in [4.78, 5) is 17.7. The van der Waals surface area contributed by atoms with Crippen molar-refractivity contribution < 1.29 is 4.79 Å². The summed E-state index contributed by atoms with van der Waals surface area (Å²) in [7, 11) is 0. The molecule has 2 aromatic rings. The van der Waals surface area contributed by atoms with Crippen LogP contribution in [0.15, 0.2) is 30.5 Å². The highest BCUT2D eigenvalue weighted by Crippen LogP contribution is 2.42. The Bertz CT molecular complexity index is 662. The number of carbonyl (C=O) groups excluding carboxylic acids is 1. The van der Waals surface area contributed by atoms with Gasteiger partial charge >= 0.3 is 0 Å². The molecule has 1 unspecified atom stereocenters. The minimum atomic E-state index is 0.467. The molecule has 3 fully saturated rings. The van der Waals surface area contributed by atoms with Gasteiger partial charge in [-0.3, -0.25) is 15.2 Å². The molecule has 0 aromatic carbocycles. The van der Waals surface area contributed by atoms with Crippen molar-refractivity contribution in [1.82, 2.24) is 15.4 Å². The maximum atomic E-state index is 11.3. The summed E-state index contributed by atoms with van der Waals surface area (Å²) >= 11 is 1.57. The fourth-order valence-corrected chi connectivity index (χ4v) is 4.70. The summed E-state index contributed by atoms with van der Waals surface area (Å²) in [6.45, 7) is 3.22. The number of pyridine rings is 1. The molecule has 4 nitrogen and oxygen atoms in total. The van der Waals surface area contributed by atoms with Crippen LogP contribution in [0, 0.1) is 5.92 Å². The molecular formula is C17H19N3OS. The van der Waals surface area contributed by atoms with E-state index in [4.69, 9.17) is 0 Å². The Morgan fingerprint density at radius 2 is 2.18 bits per heavy atom. The average Bonchev–Trinajstić information content (AvgIpc) is 2.79. The lowest BCUT2D eigenvalue weighted by molar-refractivity contribution is 0.112. The fourth-order valence-electron chi connectivity index (χ4n) is 3.67. The number of hydrogen-bond donors (Lipinski definition) is 1. The minimum absolute atomic E-state index is 0.467. The van der Waals surface area contributed by atoms with E-state index in [1.807, 2.05) is 24.4 Å². The number of nitrogens with one attached hydrogen (secondary N) is 1. The van der Waals surface area contributed by atoms with E-state index in [0.717, 1.165) is 41.4 Å². The van der Waals surface area contributed by atoms with Gasteiger partial charge in [-0.25, -0.2) is 5.01 Å². The Morgan fingerprint density at radius 3 is 2.91 bits per heavy atom. The lowest BCUT2D eigenvalue weighted by atomic mass is 9.81. The van der Waals surface area contributed by atoms with E-state index in [1.54, 1.807) is 11.3 Å². The number of piperidine rings is 1. The Kier molecular flexibility index (Phi) is 3.78. The van der Waals surface area contributed by atoms with Crippen LogP contribution in [0.25, 0.3) is 10.6 Å². The van der Waals surface area contributed by atoms with Gasteiger partial charge in [-0.05, 0) is 42.5 Å². The highest BCUT2D eigenvalue weighted by atomic mass is 32.1. The first kappa shape index (κ1) is 14.1. The van der Waals surface area contributed by atoms with Gasteiger partial charge in [-0.2, -0.15) is 0 Å². The predicted octanol–water partition coefficient (Wildman–Crippen LogP) is 2.94. The van der Waals surface area contributed by atoms with Crippen LogP contribution in [0.3, 0.4) is 0 Å². The van der Waals surface area contributed by atoms with Gasteiger partial charge in [-0.1, -0.05) is 6.07 Å². The van der Waals surface area contributed by atoms with Crippen LogP contribution in [0.4, 0.5) is 0 Å². The molecule has 2 bridgehead atoms. The summed E-state index contributed by atoms with van der Waals surface area (Å²) in [6, 6.07) is 8.06. The fraction of sp³-hybridized carbons (Fsp3) is 0.412. The van der Waals surface area contributed by atoms with Gasteiger partial charge in [0.05, 0.1) is 15.4 Å². The quantitative estimate of drug-likeness (QED) is 0.885. The second-order valence-electron chi connectivity index (χ2n) is 6.06. The molecule has 114 valence electrons. The van der Waals surface area contributed by atoms with Gasteiger partial charge in [0.1, 0.15) is 0 Å². The molecule has 5 rings (SSSR count). The van der Waals surface area contributed by atoms with Gasteiger partial charge in [0, 0.05) is 31.7 Å². The highest BCUT2D eigenvalue weighted by Gasteiger charge is 2.34. The van der Waals surface area contributed by atoms with Crippen LogP contribution < -0.4 is 5.43 Å². The van der Waals surface area contributed by atoms with Crippen LogP contribution in [-0.4, -0.2) is 35.9 Å². The van der Waals surface area contributed by atoms with Gasteiger partial charge < -0.3 is 0 Å². The molecule has 3 aliphatic heterocycles. The maximum Gasteiger partial charge on any atom is 0.160 e. The molecule has 3 saturated heterocycles. The third kappa shape index (κ3) is 2.49. The molecule has 5 heteroatoms. The molecule has 1 N–H and O–H groups in total. The molecule has 0 aliphatic carbocycles.